The van der Waals surface area contributed by atoms with E-state index in [0.717, 1.165) is 5.56 Å². The Morgan fingerprint density at radius 3 is 2.20 bits per heavy atom. The van der Waals surface area contributed by atoms with Crippen molar-refractivity contribution >= 4 is 74.6 Å². The minimum atomic E-state index is -0.477. The summed E-state index contributed by atoms with van der Waals surface area (Å²) in [6, 6.07) is 9.42. The maximum Gasteiger partial charge on any atom is 0.325 e. The number of aromatic nitrogens is 2. The lowest BCUT2D eigenvalue weighted by molar-refractivity contribution is 0.262. The molecule has 25 heavy (non-hydrogen) atoms. The van der Waals surface area contributed by atoms with Crippen LogP contribution in [-0.2, 0) is 0 Å². The van der Waals surface area contributed by atoms with Crippen LogP contribution in [0.4, 0.5) is 15.6 Å². The first-order chi connectivity index (χ1) is 11.9. The van der Waals surface area contributed by atoms with Crippen LogP contribution in [0.5, 0.6) is 0 Å². The second-order valence-corrected chi connectivity index (χ2v) is 7.36. The minimum Gasteiger partial charge on any atom is -0.308 e. The molecule has 3 aromatic rings. The Labute approximate surface area is 166 Å². The van der Waals surface area contributed by atoms with Crippen LogP contribution in [0.2, 0.25) is 20.1 Å². The predicted octanol–water partition coefficient (Wildman–Crippen LogP) is 6.46. The first-order valence-corrected chi connectivity index (χ1v) is 9.07. The maximum absolute atomic E-state index is 12.0. The van der Waals surface area contributed by atoms with Crippen molar-refractivity contribution in [2.24, 2.45) is 0 Å². The molecule has 128 valence electrons. The summed E-state index contributed by atoms with van der Waals surface area (Å²) in [6.07, 6.45) is 0. The highest BCUT2D eigenvalue weighted by molar-refractivity contribution is 7.18. The second-order valence-electron chi connectivity index (χ2n) is 4.75. The number of halogens is 4. The number of amides is 2. The smallest absolute Gasteiger partial charge is 0.308 e. The van der Waals surface area contributed by atoms with Crippen LogP contribution in [0.3, 0.4) is 0 Å². The van der Waals surface area contributed by atoms with Gasteiger partial charge in [0.2, 0.25) is 5.13 Å². The molecular formula is C15H8Cl4N4OS. The van der Waals surface area contributed by atoms with Crippen LogP contribution >= 0.6 is 57.7 Å². The van der Waals surface area contributed by atoms with E-state index < -0.39 is 6.03 Å². The van der Waals surface area contributed by atoms with Crippen molar-refractivity contribution in [2.45, 2.75) is 0 Å². The van der Waals surface area contributed by atoms with E-state index in [2.05, 4.69) is 20.8 Å². The van der Waals surface area contributed by atoms with Gasteiger partial charge in [-0.1, -0.05) is 63.8 Å². The Hall–Kier alpha value is -1.57. The van der Waals surface area contributed by atoms with Gasteiger partial charge in [-0.25, -0.2) is 4.79 Å². The molecule has 10 heteroatoms. The summed E-state index contributed by atoms with van der Waals surface area (Å²) in [6.45, 7) is 0. The maximum atomic E-state index is 12.0. The summed E-state index contributed by atoms with van der Waals surface area (Å²) in [5.74, 6) is 0. The van der Waals surface area contributed by atoms with Gasteiger partial charge in [0.25, 0.3) is 0 Å². The fourth-order valence-electron chi connectivity index (χ4n) is 1.85. The molecule has 0 aliphatic rings. The van der Waals surface area contributed by atoms with E-state index in [-0.39, 0.29) is 0 Å². The van der Waals surface area contributed by atoms with Crippen molar-refractivity contribution < 1.29 is 4.79 Å². The van der Waals surface area contributed by atoms with Crippen LogP contribution in [0, 0.1) is 0 Å². The topological polar surface area (TPSA) is 66.9 Å². The highest BCUT2D eigenvalue weighted by Gasteiger charge is 2.11. The summed E-state index contributed by atoms with van der Waals surface area (Å²) in [4.78, 5) is 12.0. The molecule has 1 aromatic heterocycles. The molecule has 0 fully saturated rings. The van der Waals surface area contributed by atoms with Crippen LogP contribution in [-0.4, -0.2) is 16.2 Å². The fraction of sp³-hybridized carbons (Fsp3) is 0. The summed E-state index contributed by atoms with van der Waals surface area (Å²) in [5.41, 5.74) is 1.26. The number of carbonyl (C=O) groups is 1. The van der Waals surface area contributed by atoms with Crippen LogP contribution < -0.4 is 10.6 Å². The molecular weight excluding hydrogens is 426 g/mol. The molecule has 5 nitrogen and oxygen atoms in total. The Morgan fingerprint density at radius 1 is 0.840 bits per heavy atom. The van der Waals surface area contributed by atoms with Crippen molar-refractivity contribution in [1.29, 1.82) is 0 Å². The number of nitrogens with zero attached hydrogens (tertiary/aromatic N) is 2. The number of hydrogen-bond donors (Lipinski definition) is 2. The SMILES string of the molecule is O=C(Nc1ccc(Cl)c(Cl)c1)Nc1nnc(-c2ccc(Cl)c(Cl)c2)s1. The zero-order valence-electron chi connectivity index (χ0n) is 12.2. The third-order valence-electron chi connectivity index (χ3n) is 2.99. The van der Waals surface area contributed by atoms with Gasteiger partial charge in [0.15, 0.2) is 0 Å². The lowest BCUT2D eigenvalue weighted by Crippen LogP contribution is -2.19. The first kappa shape index (κ1) is 18.2. The standard InChI is InChI=1S/C15H8Cl4N4OS/c16-9-3-1-7(5-11(9)18)13-22-23-15(25-13)21-14(24)20-8-2-4-10(17)12(19)6-8/h1-6H,(H2,20,21,23,24). The van der Waals surface area contributed by atoms with Crippen molar-refractivity contribution in [3.8, 4) is 10.6 Å². The normalized spacial score (nSPS) is 10.6. The number of carbonyl (C=O) groups excluding carboxylic acids is 1. The van der Waals surface area contributed by atoms with Crippen LogP contribution in [0.25, 0.3) is 10.6 Å². The summed E-state index contributed by atoms with van der Waals surface area (Å²) in [5, 5.41) is 15.7. The number of hydrogen-bond acceptors (Lipinski definition) is 4. The zero-order chi connectivity index (χ0) is 18.0. The van der Waals surface area contributed by atoms with Gasteiger partial charge in [-0.3, -0.25) is 5.32 Å². The molecule has 1 heterocycles. The van der Waals surface area contributed by atoms with Crippen LogP contribution in [0.15, 0.2) is 36.4 Å². The Kier molecular flexibility index (Phi) is 5.66. The third kappa shape index (κ3) is 4.54. The van der Waals surface area contributed by atoms with E-state index in [1.54, 1.807) is 36.4 Å². The quantitative estimate of drug-likeness (QED) is 0.497. The van der Waals surface area contributed by atoms with Gasteiger partial charge in [0.05, 0.1) is 20.1 Å². The molecule has 2 amide bonds. The largest absolute Gasteiger partial charge is 0.325 e. The molecule has 0 saturated carbocycles. The van der Waals surface area contributed by atoms with Crippen molar-refractivity contribution in [2.75, 3.05) is 10.6 Å². The number of urea groups is 1. The second kappa shape index (κ2) is 7.76. The third-order valence-corrected chi connectivity index (χ3v) is 5.36. The molecule has 0 aliphatic heterocycles. The van der Waals surface area contributed by atoms with Crippen LogP contribution in [0.1, 0.15) is 0 Å². The van der Waals surface area contributed by atoms with Gasteiger partial charge in [-0.05, 0) is 30.3 Å². The number of rotatable bonds is 3. The summed E-state index contributed by atoms with van der Waals surface area (Å²) >= 11 is 24.8. The lowest BCUT2D eigenvalue weighted by Gasteiger charge is -2.06. The molecule has 0 spiro atoms. The van der Waals surface area contributed by atoms with E-state index >= 15 is 0 Å². The highest BCUT2D eigenvalue weighted by Crippen LogP contribution is 2.31. The lowest BCUT2D eigenvalue weighted by atomic mass is 10.2. The van der Waals surface area contributed by atoms with Gasteiger partial charge < -0.3 is 5.32 Å². The van der Waals surface area contributed by atoms with Gasteiger partial charge in [-0.2, -0.15) is 0 Å². The number of nitrogens with one attached hydrogen (secondary N) is 2. The molecule has 0 aliphatic carbocycles. The molecule has 0 saturated heterocycles. The minimum absolute atomic E-state index is 0.332. The predicted molar refractivity (Wildman–Crippen MR) is 104 cm³/mol. The molecule has 0 atom stereocenters. The molecule has 0 bridgehead atoms. The van der Waals surface area contributed by atoms with Gasteiger partial charge in [0.1, 0.15) is 5.01 Å². The van der Waals surface area contributed by atoms with Crippen molar-refractivity contribution in [1.82, 2.24) is 10.2 Å². The average Bonchev–Trinajstić information content (AvgIpc) is 3.02. The molecule has 2 aromatic carbocycles. The van der Waals surface area contributed by atoms with E-state index in [9.17, 15) is 4.79 Å². The van der Waals surface area contributed by atoms with Crippen molar-refractivity contribution in [3.05, 3.63) is 56.5 Å². The molecule has 3 rings (SSSR count). The highest BCUT2D eigenvalue weighted by atomic mass is 35.5. The zero-order valence-corrected chi connectivity index (χ0v) is 16.0. The van der Waals surface area contributed by atoms with Gasteiger partial charge >= 0.3 is 6.03 Å². The first-order valence-electron chi connectivity index (χ1n) is 6.74. The number of benzene rings is 2. The molecule has 0 radical (unpaired) electrons. The molecule has 0 unspecified atom stereocenters. The Morgan fingerprint density at radius 2 is 1.52 bits per heavy atom. The fourth-order valence-corrected chi connectivity index (χ4v) is 3.18. The van der Waals surface area contributed by atoms with Gasteiger partial charge in [-0.15, -0.1) is 10.2 Å². The Bertz CT molecular complexity index is 947. The Balaban J connectivity index is 1.69. The summed E-state index contributed by atoms with van der Waals surface area (Å²) in [7, 11) is 0. The average molecular weight is 434 g/mol. The van der Waals surface area contributed by atoms with E-state index in [1.807, 2.05) is 0 Å². The summed E-state index contributed by atoms with van der Waals surface area (Å²) < 4.78 is 0. The molecule has 2 N–H and O–H groups in total. The van der Waals surface area contributed by atoms with Crippen molar-refractivity contribution in [3.63, 3.8) is 0 Å². The van der Waals surface area contributed by atoms with E-state index in [0.29, 0.717) is 35.9 Å². The monoisotopic (exact) mass is 432 g/mol. The van der Waals surface area contributed by atoms with Gasteiger partial charge in [0, 0.05) is 11.3 Å². The van der Waals surface area contributed by atoms with E-state index in [4.69, 9.17) is 46.4 Å². The van der Waals surface area contributed by atoms with E-state index in [1.165, 1.54) is 11.3 Å². The number of anilines is 2.